The molecule has 140 valence electrons. The summed E-state index contributed by atoms with van der Waals surface area (Å²) in [6.45, 7) is 4.70. The first-order chi connectivity index (χ1) is 13.2. The molecule has 1 aliphatic rings. The Kier molecular flexibility index (Phi) is 5.10. The van der Waals surface area contributed by atoms with Crippen molar-refractivity contribution in [1.29, 1.82) is 0 Å². The molecule has 1 saturated heterocycles. The maximum Gasteiger partial charge on any atom is 0.272 e. The summed E-state index contributed by atoms with van der Waals surface area (Å²) in [6.07, 6.45) is 7.05. The highest BCUT2D eigenvalue weighted by molar-refractivity contribution is 5.92. The number of H-pyrrole nitrogens is 1. The van der Waals surface area contributed by atoms with Gasteiger partial charge in [0.05, 0.1) is 11.9 Å². The Morgan fingerprint density at radius 1 is 1.30 bits per heavy atom. The minimum absolute atomic E-state index is 0.0480. The number of nitrogens with one attached hydrogen (secondary N) is 2. The van der Waals surface area contributed by atoms with Gasteiger partial charge in [-0.3, -0.25) is 4.79 Å². The van der Waals surface area contributed by atoms with E-state index in [0.717, 1.165) is 38.2 Å². The van der Waals surface area contributed by atoms with Crippen LogP contribution in [0.4, 0.5) is 5.69 Å². The molecule has 5 nitrogen and oxygen atoms in total. The van der Waals surface area contributed by atoms with Gasteiger partial charge in [0.1, 0.15) is 5.69 Å². The molecule has 0 bridgehead atoms. The van der Waals surface area contributed by atoms with Gasteiger partial charge < -0.3 is 15.2 Å². The zero-order chi connectivity index (χ0) is 18.6. The van der Waals surface area contributed by atoms with E-state index in [0.29, 0.717) is 11.6 Å². The van der Waals surface area contributed by atoms with Gasteiger partial charge in [-0.05, 0) is 48.9 Å². The summed E-state index contributed by atoms with van der Waals surface area (Å²) in [7, 11) is 0. The fraction of sp³-hybridized carbons (Fsp3) is 0.364. The fourth-order valence-corrected chi connectivity index (χ4v) is 3.84. The number of rotatable bonds is 5. The molecule has 3 aromatic rings. The number of piperidine rings is 1. The highest BCUT2D eigenvalue weighted by atomic mass is 16.2. The Morgan fingerprint density at radius 3 is 3.00 bits per heavy atom. The predicted octanol–water partition coefficient (Wildman–Crippen LogP) is 4.09. The molecule has 0 saturated carbocycles. The summed E-state index contributed by atoms with van der Waals surface area (Å²) < 4.78 is 0. The van der Waals surface area contributed by atoms with Crippen molar-refractivity contribution in [3.8, 4) is 0 Å². The van der Waals surface area contributed by atoms with Crippen molar-refractivity contribution in [2.75, 3.05) is 25.0 Å². The fourth-order valence-electron chi connectivity index (χ4n) is 3.84. The number of amides is 1. The van der Waals surface area contributed by atoms with Crippen molar-refractivity contribution < 1.29 is 4.79 Å². The SMILES string of the molecule is CC1CCCN(C(=O)c2ccc(NCCc3c[nH]c4ccccc34)cn2)C1. The predicted molar refractivity (Wildman–Crippen MR) is 109 cm³/mol. The topological polar surface area (TPSA) is 61.0 Å². The molecule has 3 heterocycles. The number of carbonyl (C=O) groups excluding carboxylic acids is 1. The minimum atomic E-state index is 0.0480. The highest BCUT2D eigenvalue weighted by Gasteiger charge is 2.22. The van der Waals surface area contributed by atoms with Crippen LogP contribution in [0.2, 0.25) is 0 Å². The quantitative estimate of drug-likeness (QED) is 0.719. The Morgan fingerprint density at radius 2 is 2.19 bits per heavy atom. The van der Waals surface area contributed by atoms with Crippen LogP contribution in [0.5, 0.6) is 0 Å². The summed E-state index contributed by atoms with van der Waals surface area (Å²) in [5.41, 5.74) is 3.95. The second kappa shape index (κ2) is 7.82. The van der Waals surface area contributed by atoms with Gasteiger partial charge in [-0.1, -0.05) is 25.1 Å². The van der Waals surface area contributed by atoms with Crippen molar-refractivity contribution in [3.05, 3.63) is 60.0 Å². The van der Waals surface area contributed by atoms with E-state index in [1.54, 1.807) is 6.20 Å². The summed E-state index contributed by atoms with van der Waals surface area (Å²) in [5.74, 6) is 0.625. The molecule has 0 radical (unpaired) electrons. The van der Waals surface area contributed by atoms with Crippen molar-refractivity contribution in [3.63, 3.8) is 0 Å². The summed E-state index contributed by atoms with van der Waals surface area (Å²) in [5, 5.41) is 4.67. The number of carbonyl (C=O) groups is 1. The van der Waals surface area contributed by atoms with Gasteiger partial charge in [0.15, 0.2) is 0 Å². The van der Waals surface area contributed by atoms with E-state index < -0.39 is 0 Å². The number of likely N-dealkylation sites (tertiary alicyclic amines) is 1. The van der Waals surface area contributed by atoms with Crippen molar-refractivity contribution in [2.45, 2.75) is 26.2 Å². The van der Waals surface area contributed by atoms with E-state index in [2.05, 4.69) is 46.6 Å². The first kappa shape index (κ1) is 17.6. The molecule has 27 heavy (non-hydrogen) atoms. The van der Waals surface area contributed by atoms with Gasteiger partial charge >= 0.3 is 0 Å². The second-order valence-electron chi connectivity index (χ2n) is 7.47. The van der Waals surface area contributed by atoms with E-state index in [1.807, 2.05) is 23.1 Å². The monoisotopic (exact) mass is 362 g/mol. The molecule has 1 atom stereocenters. The number of anilines is 1. The molecule has 1 unspecified atom stereocenters. The number of nitrogens with zero attached hydrogens (tertiary/aromatic N) is 2. The van der Waals surface area contributed by atoms with E-state index in [9.17, 15) is 4.79 Å². The Hall–Kier alpha value is -2.82. The molecular formula is C22H26N4O. The molecule has 4 rings (SSSR count). The van der Waals surface area contributed by atoms with E-state index >= 15 is 0 Å². The maximum absolute atomic E-state index is 12.6. The average molecular weight is 362 g/mol. The van der Waals surface area contributed by atoms with E-state index in [4.69, 9.17) is 0 Å². The molecular weight excluding hydrogens is 336 g/mol. The Labute approximate surface area is 159 Å². The van der Waals surface area contributed by atoms with Crippen LogP contribution in [-0.4, -0.2) is 40.4 Å². The normalized spacial score (nSPS) is 17.2. The number of aromatic nitrogens is 2. The van der Waals surface area contributed by atoms with Crippen molar-refractivity contribution >= 4 is 22.5 Å². The van der Waals surface area contributed by atoms with E-state index in [-0.39, 0.29) is 5.91 Å². The third kappa shape index (κ3) is 3.97. The standard InChI is InChI=1S/C22H26N4O/c1-16-5-4-12-26(15-16)22(27)21-9-8-18(14-25-21)23-11-10-17-13-24-20-7-3-2-6-19(17)20/h2-3,6-9,13-14,16,23-24H,4-5,10-12,15H2,1H3. The van der Waals surface area contributed by atoms with Gasteiger partial charge in [0.25, 0.3) is 5.91 Å². The van der Waals surface area contributed by atoms with Gasteiger partial charge in [0.2, 0.25) is 0 Å². The molecule has 1 fully saturated rings. The largest absolute Gasteiger partial charge is 0.383 e. The second-order valence-corrected chi connectivity index (χ2v) is 7.47. The Bertz CT molecular complexity index is 915. The third-order valence-corrected chi connectivity index (χ3v) is 5.33. The minimum Gasteiger partial charge on any atom is -0.383 e. The molecule has 1 aromatic carbocycles. The van der Waals surface area contributed by atoms with Crippen LogP contribution in [0.15, 0.2) is 48.8 Å². The highest BCUT2D eigenvalue weighted by Crippen LogP contribution is 2.19. The summed E-state index contributed by atoms with van der Waals surface area (Å²) >= 11 is 0. The third-order valence-electron chi connectivity index (χ3n) is 5.33. The molecule has 0 aliphatic carbocycles. The zero-order valence-electron chi connectivity index (χ0n) is 15.7. The summed E-state index contributed by atoms with van der Waals surface area (Å²) in [6, 6.07) is 12.1. The average Bonchev–Trinajstić information content (AvgIpc) is 3.11. The zero-order valence-corrected chi connectivity index (χ0v) is 15.7. The van der Waals surface area contributed by atoms with Gasteiger partial charge in [-0.2, -0.15) is 0 Å². The number of fused-ring (bicyclic) bond motifs is 1. The van der Waals surface area contributed by atoms with Crippen LogP contribution >= 0.6 is 0 Å². The number of hydrogen-bond donors (Lipinski definition) is 2. The van der Waals surface area contributed by atoms with Crippen LogP contribution in [0.3, 0.4) is 0 Å². The van der Waals surface area contributed by atoms with Crippen LogP contribution in [-0.2, 0) is 6.42 Å². The van der Waals surface area contributed by atoms with Gasteiger partial charge in [0, 0.05) is 36.7 Å². The molecule has 1 amide bonds. The van der Waals surface area contributed by atoms with Crippen LogP contribution < -0.4 is 5.32 Å². The molecule has 0 spiro atoms. The number of aromatic amines is 1. The van der Waals surface area contributed by atoms with Crippen molar-refractivity contribution in [1.82, 2.24) is 14.9 Å². The maximum atomic E-state index is 12.6. The van der Waals surface area contributed by atoms with Crippen molar-refractivity contribution in [2.24, 2.45) is 5.92 Å². The molecule has 2 N–H and O–H groups in total. The first-order valence-electron chi connectivity index (χ1n) is 9.75. The molecule has 1 aliphatic heterocycles. The first-order valence-corrected chi connectivity index (χ1v) is 9.75. The smallest absolute Gasteiger partial charge is 0.272 e. The lowest BCUT2D eigenvalue weighted by molar-refractivity contribution is 0.0677. The summed E-state index contributed by atoms with van der Waals surface area (Å²) in [4.78, 5) is 22.2. The lowest BCUT2D eigenvalue weighted by atomic mass is 10.00. The number of para-hydroxylation sites is 1. The van der Waals surface area contributed by atoms with Crippen LogP contribution in [0.1, 0.15) is 35.8 Å². The van der Waals surface area contributed by atoms with E-state index in [1.165, 1.54) is 22.9 Å². The van der Waals surface area contributed by atoms with Gasteiger partial charge in [-0.25, -0.2) is 4.98 Å². The molecule has 5 heteroatoms. The van der Waals surface area contributed by atoms with Gasteiger partial charge in [-0.15, -0.1) is 0 Å². The Balaban J connectivity index is 1.33. The number of benzene rings is 1. The molecule has 2 aromatic heterocycles. The van der Waals surface area contributed by atoms with Crippen LogP contribution in [0, 0.1) is 5.92 Å². The van der Waals surface area contributed by atoms with Crippen LogP contribution in [0.25, 0.3) is 10.9 Å². The number of pyridine rings is 1. The number of hydrogen-bond acceptors (Lipinski definition) is 3. The lowest BCUT2D eigenvalue weighted by Gasteiger charge is -2.30. The lowest BCUT2D eigenvalue weighted by Crippen LogP contribution is -2.39.